The molecule has 0 bridgehead atoms. The van der Waals surface area contributed by atoms with Crippen molar-refractivity contribution in [2.75, 3.05) is 27.3 Å². The first-order chi connectivity index (χ1) is 12.4. The van der Waals surface area contributed by atoms with Crippen LogP contribution >= 0.6 is 0 Å². The minimum absolute atomic E-state index is 0.0112. The third kappa shape index (κ3) is 2.87. The van der Waals surface area contributed by atoms with E-state index in [9.17, 15) is 14.4 Å². The third-order valence-electron chi connectivity index (χ3n) is 4.71. The van der Waals surface area contributed by atoms with Crippen LogP contribution in [0, 0.1) is 0 Å². The van der Waals surface area contributed by atoms with Crippen LogP contribution in [0.3, 0.4) is 0 Å². The van der Waals surface area contributed by atoms with Crippen molar-refractivity contribution in [3.63, 3.8) is 0 Å². The van der Waals surface area contributed by atoms with Crippen molar-refractivity contribution < 1.29 is 23.9 Å². The van der Waals surface area contributed by atoms with E-state index in [0.29, 0.717) is 35.6 Å². The fraction of sp³-hybridized carbons (Fsp3) is 0.389. The number of urea groups is 1. The molecule has 1 saturated heterocycles. The molecule has 2 heterocycles. The number of hydrogen-bond acceptors (Lipinski definition) is 5. The Kier molecular flexibility index (Phi) is 4.58. The van der Waals surface area contributed by atoms with E-state index in [-0.39, 0.29) is 12.5 Å². The topological polar surface area (TPSA) is 97.0 Å². The monoisotopic (exact) mass is 359 g/mol. The maximum absolute atomic E-state index is 12.8. The van der Waals surface area contributed by atoms with Gasteiger partial charge in [0, 0.05) is 23.7 Å². The maximum Gasteiger partial charge on any atom is 0.322 e. The number of rotatable bonds is 5. The number of hydrogen-bond donors (Lipinski definition) is 2. The van der Waals surface area contributed by atoms with Gasteiger partial charge < -0.3 is 19.7 Å². The maximum atomic E-state index is 12.8. The molecule has 1 unspecified atom stereocenters. The Hall–Kier alpha value is -3.03. The molecule has 8 heteroatoms. The first kappa shape index (κ1) is 17.8. The Morgan fingerprint density at radius 3 is 2.58 bits per heavy atom. The summed E-state index contributed by atoms with van der Waals surface area (Å²) in [6.07, 6.45) is 2.57. The molecule has 2 aliphatic rings. The summed E-state index contributed by atoms with van der Waals surface area (Å²) in [6, 6.07) is 4.38. The van der Waals surface area contributed by atoms with Gasteiger partial charge in [-0.05, 0) is 25.5 Å². The SMILES string of the molecule is COc1ccc(C2(CN3CCC=C(C)C3=O)NC(=O)NC2=O)c(OC)c1. The van der Waals surface area contributed by atoms with Gasteiger partial charge in [0.25, 0.3) is 5.91 Å². The molecule has 8 nitrogen and oxygen atoms in total. The molecule has 1 atom stereocenters. The Bertz CT molecular complexity index is 804. The molecule has 1 fully saturated rings. The van der Waals surface area contributed by atoms with Crippen molar-refractivity contribution in [2.45, 2.75) is 18.9 Å². The van der Waals surface area contributed by atoms with Gasteiger partial charge in [0.2, 0.25) is 5.91 Å². The summed E-state index contributed by atoms with van der Waals surface area (Å²) < 4.78 is 10.6. The second kappa shape index (κ2) is 6.70. The molecule has 0 aromatic heterocycles. The minimum Gasteiger partial charge on any atom is -0.497 e. The summed E-state index contributed by atoms with van der Waals surface area (Å²) in [6.45, 7) is 2.22. The van der Waals surface area contributed by atoms with Crippen LogP contribution in [-0.2, 0) is 15.1 Å². The lowest BCUT2D eigenvalue weighted by Gasteiger charge is -2.35. The third-order valence-corrected chi connectivity index (χ3v) is 4.71. The summed E-state index contributed by atoms with van der Waals surface area (Å²) in [5.41, 5.74) is -0.343. The Balaban J connectivity index is 2.07. The van der Waals surface area contributed by atoms with Crippen LogP contribution in [0.2, 0.25) is 0 Å². The molecule has 2 aliphatic heterocycles. The molecule has 3 rings (SSSR count). The van der Waals surface area contributed by atoms with Gasteiger partial charge in [-0.2, -0.15) is 0 Å². The molecule has 4 amide bonds. The van der Waals surface area contributed by atoms with Crippen LogP contribution in [0.1, 0.15) is 18.9 Å². The fourth-order valence-electron chi connectivity index (χ4n) is 3.34. The van der Waals surface area contributed by atoms with Crippen molar-refractivity contribution in [1.29, 1.82) is 0 Å². The number of carbonyl (C=O) groups is 3. The standard InChI is InChI=1S/C18H21N3O5/c1-11-5-4-8-21(15(11)22)10-18(16(23)19-17(24)20-18)13-7-6-12(25-2)9-14(13)26-3/h5-7,9H,4,8,10H2,1-3H3,(H2,19,20,23,24). The van der Waals surface area contributed by atoms with Crippen molar-refractivity contribution >= 4 is 17.8 Å². The second-order valence-electron chi connectivity index (χ2n) is 6.28. The number of carbonyl (C=O) groups excluding carboxylic acids is 3. The molecular formula is C18H21N3O5. The van der Waals surface area contributed by atoms with E-state index in [4.69, 9.17) is 9.47 Å². The summed E-state index contributed by atoms with van der Waals surface area (Å²) in [7, 11) is 3.00. The zero-order valence-electron chi connectivity index (χ0n) is 14.9. The number of nitrogens with zero attached hydrogens (tertiary/aromatic N) is 1. The number of benzene rings is 1. The Labute approximate surface area is 151 Å². The molecule has 1 aromatic rings. The van der Waals surface area contributed by atoms with Gasteiger partial charge in [-0.1, -0.05) is 6.08 Å². The summed E-state index contributed by atoms with van der Waals surface area (Å²) in [4.78, 5) is 38.8. The smallest absolute Gasteiger partial charge is 0.322 e. The lowest BCUT2D eigenvalue weighted by atomic mass is 9.87. The van der Waals surface area contributed by atoms with Crippen LogP contribution in [0.15, 0.2) is 29.8 Å². The highest BCUT2D eigenvalue weighted by atomic mass is 16.5. The molecule has 2 N–H and O–H groups in total. The molecule has 26 heavy (non-hydrogen) atoms. The van der Waals surface area contributed by atoms with Crippen LogP contribution < -0.4 is 20.1 Å². The number of nitrogens with one attached hydrogen (secondary N) is 2. The van der Waals surface area contributed by atoms with Crippen LogP contribution in [-0.4, -0.2) is 50.1 Å². The largest absolute Gasteiger partial charge is 0.497 e. The quantitative estimate of drug-likeness (QED) is 0.762. The molecular weight excluding hydrogens is 338 g/mol. The Morgan fingerprint density at radius 1 is 1.19 bits per heavy atom. The highest BCUT2D eigenvalue weighted by Gasteiger charge is 2.51. The van der Waals surface area contributed by atoms with Gasteiger partial charge in [-0.3, -0.25) is 14.9 Å². The first-order valence-corrected chi connectivity index (χ1v) is 8.23. The summed E-state index contributed by atoms with van der Waals surface area (Å²) >= 11 is 0. The predicted molar refractivity (Wildman–Crippen MR) is 92.9 cm³/mol. The van der Waals surface area contributed by atoms with Crippen molar-refractivity contribution in [1.82, 2.24) is 15.5 Å². The zero-order chi connectivity index (χ0) is 18.9. The Morgan fingerprint density at radius 2 is 1.96 bits per heavy atom. The van der Waals surface area contributed by atoms with Gasteiger partial charge in [0.05, 0.1) is 20.8 Å². The molecule has 0 radical (unpaired) electrons. The summed E-state index contributed by atoms with van der Waals surface area (Å²) in [5.74, 6) is 0.264. The van der Waals surface area contributed by atoms with Gasteiger partial charge in [-0.25, -0.2) is 4.79 Å². The van der Waals surface area contributed by atoms with Gasteiger partial charge >= 0.3 is 6.03 Å². The van der Waals surface area contributed by atoms with E-state index in [0.717, 1.165) is 0 Å². The predicted octanol–water partition coefficient (Wildman–Crippen LogP) is 0.917. The highest BCUT2D eigenvalue weighted by molar-refractivity contribution is 6.08. The lowest BCUT2D eigenvalue weighted by molar-refractivity contribution is -0.131. The second-order valence-corrected chi connectivity index (χ2v) is 6.28. The number of imide groups is 1. The molecule has 0 spiro atoms. The average molecular weight is 359 g/mol. The first-order valence-electron chi connectivity index (χ1n) is 8.23. The molecule has 1 aromatic carbocycles. The van der Waals surface area contributed by atoms with Gasteiger partial charge in [-0.15, -0.1) is 0 Å². The van der Waals surface area contributed by atoms with E-state index >= 15 is 0 Å². The lowest BCUT2D eigenvalue weighted by Crippen LogP contribution is -2.54. The molecule has 138 valence electrons. The normalized spacial score (nSPS) is 22.7. The van der Waals surface area contributed by atoms with E-state index < -0.39 is 17.5 Å². The van der Waals surface area contributed by atoms with Crippen molar-refractivity contribution in [2.24, 2.45) is 0 Å². The van der Waals surface area contributed by atoms with Gasteiger partial charge in [0.1, 0.15) is 11.5 Å². The van der Waals surface area contributed by atoms with E-state index in [2.05, 4.69) is 10.6 Å². The zero-order valence-corrected chi connectivity index (χ0v) is 14.9. The van der Waals surface area contributed by atoms with Crippen LogP contribution in [0.25, 0.3) is 0 Å². The van der Waals surface area contributed by atoms with Crippen LogP contribution in [0.4, 0.5) is 4.79 Å². The molecule has 0 aliphatic carbocycles. The van der Waals surface area contributed by atoms with Crippen molar-refractivity contribution in [3.05, 3.63) is 35.4 Å². The van der Waals surface area contributed by atoms with Gasteiger partial charge in [0.15, 0.2) is 5.54 Å². The van der Waals surface area contributed by atoms with E-state index in [1.807, 2.05) is 6.08 Å². The molecule has 0 saturated carbocycles. The van der Waals surface area contributed by atoms with E-state index in [1.165, 1.54) is 14.2 Å². The number of ether oxygens (including phenoxy) is 2. The number of amides is 4. The summed E-state index contributed by atoms with van der Waals surface area (Å²) in [5, 5.41) is 4.97. The average Bonchev–Trinajstić information content (AvgIpc) is 2.92. The minimum atomic E-state index is -1.43. The highest BCUT2D eigenvalue weighted by Crippen LogP contribution is 2.36. The van der Waals surface area contributed by atoms with E-state index in [1.54, 1.807) is 30.0 Å². The number of methoxy groups -OCH3 is 2. The van der Waals surface area contributed by atoms with Crippen LogP contribution in [0.5, 0.6) is 11.5 Å². The van der Waals surface area contributed by atoms with Crippen molar-refractivity contribution in [3.8, 4) is 11.5 Å². The fourth-order valence-corrected chi connectivity index (χ4v) is 3.34.